The zero-order valence-corrected chi connectivity index (χ0v) is 13.0. The average Bonchev–Trinajstić information content (AvgIpc) is 2.95. The summed E-state index contributed by atoms with van der Waals surface area (Å²) in [6.07, 6.45) is 1.70. The molecule has 2 N–H and O–H groups in total. The summed E-state index contributed by atoms with van der Waals surface area (Å²) in [6, 6.07) is 11.9. The molecule has 2 aromatic heterocycles. The molecule has 3 rings (SSSR count). The van der Waals surface area contributed by atoms with Crippen LogP contribution in [0, 0.1) is 6.92 Å². The van der Waals surface area contributed by atoms with Crippen molar-refractivity contribution in [1.29, 1.82) is 0 Å². The second-order valence-electron chi connectivity index (χ2n) is 4.97. The van der Waals surface area contributed by atoms with E-state index < -0.39 is 0 Å². The number of pyridine rings is 1. The maximum absolute atomic E-state index is 11.9. The Kier molecular flexibility index (Phi) is 4.39. The van der Waals surface area contributed by atoms with Gasteiger partial charge in [-0.2, -0.15) is 0 Å². The number of carbonyl (C=O) groups is 1. The molecule has 22 heavy (non-hydrogen) atoms. The van der Waals surface area contributed by atoms with E-state index in [9.17, 15) is 4.79 Å². The van der Waals surface area contributed by atoms with Gasteiger partial charge in [0.25, 0.3) is 0 Å². The van der Waals surface area contributed by atoms with Crippen molar-refractivity contribution in [3.05, 3.63) is 53.7 Å². The Morgan fingerprint density at radius 2 is 2.09 bits per heavy atom. The normalized spacial score (nSPS) is 10.8. The fourth-order valence-corrected chi connectivity index (χ4v) is 2.69. The van der Waals surface area contributed by atoms with Crippen molar-refractivity contribution in [1.82, 2.24) is 20.3 Å². The summed E-state index contributed by atoms with van der Waals surface area (Å²) in [5.41, 5.74) is 3.86. The molecule has 0 atom stereocenters. The molecule has 2 heterocycles. The summed E-state index contributed by atoms with van der Waals surface area (Å²) in [5, 5.41) is 3.61. The number of thioether (sulfide) groups is 1. The van der Waals surface area contributed by atoms with E-state index in [0.717, 1.165) is 11.1 Å². The van der Waals surface area contributed by atoms with Crippen LogP contribution in [-0.4, -0.2) is 26.6 Å². The van der Waals surface area contributed by atoms with Gasteiger partial charge in [-0.1, -0.05) is 41.6 Å². The molecule has 0 radical (unpaired) electrons. The first-order valence-corrected chi connectivity index (χ1v) is 7.95. The highest BCUT2D eigenvalue weighted by molar-refractivity contribution is 7.99. The van der Waals surface area contributed by atoms with Crippen LogP contribution in [0.1, 0.15) is 11.1 Å². The summed E-state index contributed by atoms with van der Waals surface area (Å²) in [7, 11) is 0. The highest BCUT2D eigenvalue weighted by Crippen LogP contribution is 2.17. The lowest BCUT2D eigenvalue weighted by Crippen LogP contribution is -2.24. The number of fused-ring (bicyclic) bond motifs is 1. The Morgan fingerprint density at radius 3 is 2.86 bits per heavy atom. The Balaban J connectivity index is 1.50. The first kappa shape index (κ1) is 14.6. The third kappa shape index (κ3) is 3.65. The summed E-state index contributed by atoms with van der Waals surface area (Å²) >= 11 is 1.37. The number of hydrogen-bond acceptors (Lipinski definition) is 4. The van der Waals surface area contributed by atoms with Crippen molar-refractivity contribution in [2.24, 2.45) is 0 Å². The van der Waals surface area contributed by atoms with Crippen LogP contribution in [0.15, 0.2) is 47.8 Å². The summed E-state index contributed by atoms with van der Waals surface area (Å²) in [4.78, 5) is 23.5. The molecule has 0 fully saturated rings. The van der Waals surface area contributed by atoms with Crippen LogP contribution in [0.5, 0.6) is 0 Å². The molecule has 6 heteroatoms. The van der Waals surface area contributed by atoms with Crippen molar-refractivity contribution in [2.45, 2.75) is 18.6 Å². The predicted octanol–water partition coefficient (Wildman–Crippen LogP) is 2.67. The number of aromatic nitrogens is 3. The van der Waals surface area contributed by atoms with E-state index >= 15 is 0 Å². The average molecular weight is 312 g/mol. The fraction of sp³-hybridized carbons (Fsp3) is 0.188. The van der Waals surface area contributed by atoms with Crippen molar-refractivity contribution in [3.63, 3.8) is 0 Å². The zero-order valence-electron chi connectivity index (χ0n) is 12.2. The topological polar surface area (TPSA) is 70.7 Å². The Morgan fingerprint density at radius 1 is 1.27 bits per heavy atom. The predicted molar refractivity (Wildman–Crippen MR) is 87.6 cm³/mol. The molecule has 0 aliphatic heterocycles. The van der Waals surface area contributed by atoms with Crippen LogP contribution in [-0.2, 0) is 11.3 Å². The van der Waals surface area contributed by atoms with Gasteiger partial charge < -0.3 is 10.3 Å². The lowest BCUT2D eigenvalue weighted by Gasteiger charge is -2.04. The number of aromatic amines is 1. The van der Waals surface area contributed by atoms with Gasteiger partial charge in [-0.25, -0.2) is 9.97 Å². The second kappa shape index (κ2) is 6.62. The van der Waals surface area contributed by atoms with Gasteiger partial charge in [0.15, 0.2) is 10.8 Å². The molecule has 1 aromatic carbocycles. The van der Waals surface area contributed by atoms with Crippen LogP contribution < -0.4 is 5.32 Å². The number of nitrogens with zero attached hydrogens (tertiary/aromatic N) is 2. The van der Waals surface area contributed by atoms with Crippen molar-refractivity contribution < 1.29 is 4.79 Å². The van der Waals surface area contributed by atoms with Gasteiger partial charge >= 0.3 is 0 Å². The first-order chi connectivity index (χ1) is 10.7. The molecular weight excluding hydrogens is 296 g/mol. The Labute approximate surface area is 132 Å². The van der Waals surface area contributed by atoms with E-state index in [1.165, 1.54) is 17.3 Å². The molecular formula is C16H16N4OS. The van der Waals surface area contributed by atoms with Gasteiger partial charge in [-0.05, 0) is 24.6 Å². The van der Waals surface area contributed by atoms with E-state index in [2.05, 4.69) is 20.3 Å². The monoisotopic (exact) mass is 312 g/mol. The lowest BCUT2D eigenvalue weighted by atomic mass is 10.1. The van der Waals surface area contributed by atoms with E-state index in [-0.39, 0.29) is 5.91 Å². The van der Waals surface area contributed by atoms with E-state index in [1.54, 1.807) is 6.20 Å². The molecule has 112 valence electrons. The van der Waals surface area contributed by atoms with E-state index in [4.69, 9.17) is 0 Å². The molecule has 0 saturated carbocycles. The lowest BCUT2D eigenvalue weighted by molar-refractivity contribution is -0.118. The minimum atomic E-state index is -0.0148. The SMILES string of the molecule is Cc1ccc(CNC(=O)CSc2nc3ncccc3[nH]2)cc1. The standard InChI is InChI=1S/C16H16N4OS/c1-11-4-6-12(7-5-11)9-18-14(21)10-22-16-19-13-3-2-8-17-15(13)20-16/h2-8H,9-10H2,1H3,(H,18,21)(H,17,19,20). The van der Waals surface area contributed by atoms with Crippen LogP contribution in [0.3, 0.4) is 0 Å². The van der Waals surface area contributed by atoms with E-state index in [0.29, 0.717) is 23.1 Å². The number of aryl methyl sites for hydroxylation is 1. The van der Waals surface area contributed by atoms with Crippen molar-refractivity contribution >= 4 is 28.8 Å². The van der Waals surface area contributed by atoms with Crippen LogP contribution >= 0.6 is 11.8 Å². The molecule has 0 bridgehead atoms. The summed E-state index contributed by atoms with van der Waals surface area (Å²) in [6.45, 7) is 2.59. The number of H-pyrrole nitrogens is 1. The van der Waals surface area contributed by atoms with Crippen molar-refractivity contribution in [2.75, 3.05) is 5.75 Å². The number of imidazole rings is 1. The minimum Gasteiger partial charge on any atom is -0.351 e. The second-order valence-corrected chi connectivity index (χ2v) is 5.93. The van der Waals surface area contributed by atoms with E-state index in [1.807, 2.05) is 43.3 Å². The Bertz CT molecular complexity index is 749. The number of benzene rings is 1. The highest BCUT2D eigenvalue weighted by Gasteiger charge is 2.07. The van der Waals surface area contributed by atoms with Crippen molar-refractivity contribution in [3.8, 4) is 0 Å². The van der Waals surface area contributed by atoms with Gasteiger partial charge in [-0.15, -0.1) is 0 Å². The maximum Gasteiger partial charge on any atom is 0.230 e. The number of rotatable bonds is 5. The molecule has 0 spiro atoms. The van der Waals surface area contributed by atoms with Crippen LogP contribution in [0.25, 0.3) is 11.2 Å². The van der Waals surface area contributed by atoms with Gasteiger partial charge in [-0.3, -0.25) is 4.79 Å². The Hall–Kier alpha value is -2.34. The molecule has 0 unspecified atom stereocenters. The third-order valence-corrected chi connectivity index (χ3v) is 4.06. The molecule has 0 aliphatic rings. The summed E-state index contributed by atoms with van der Waals surface area (Å²) < 4.78 is 0. The number of hydrogen-bond donors (Lipinski definition) is 2. The van der Waals surface area contributed by atoms with Gasteiger partial charge in [0.05, 0.1) is 11.3 Å². The van der Waals surface area contributed by atoms with Crippen LogP contribution in [0.4, 0.5) is 0 Å². The molecule has 5 nitrogen and oxygen atoms in total. The number of amides is 1. The molecule has 3 aromatic rings. The fourth-order valence-electron chi connectivity index (χ4n) is 1.98. The van der Waals surface area contributed by atoms with Gasteiger partial charge in [0, 0.05) is 12.7 Å². The zero-order chi connectivity index (χ0) is 15.4. The molecule has 0 saturated heterocycles. The quantitative estimate of drug-likeness (QED) is 0.711. The first-order valence-electron chi connectivity index (χ1n) is 6.96. The number of carbonyl (C=O) groups excluding carboxylic acids is 1. The van der Waals surface area contributed by atoms with Gasteiger partial charge in [0.2, 0.25) is 5.91 Å². The molecule has 0 aliphatic carbocycles. The highest BCUT2D eigenvalue weighted by atomic mass is 32.2. The molecule has 1 amide bonds. The third-order valence-electron chi connectivity index (χ3n) is 3.19. The largest absolute Gasteiger partial charge is 0.351 e. The van der Waals surface area contributed by atoms with Gasteiger partial charge in [0.1, 0.15) is 0 Å². The maximum atomic E-state index is 11.9. The summed E-state index contributed by atoms with van der Waals surface area (Å²) in [5.74, 6) is 0.310. The van der Waals surface area contributed by atoms with Crippen LogP contribution in [0.2, 0.25) is 0 Å². The number of nitrogens with one attached hydrogen (secondary N) is 2. The smallest absolute Gasteiger partial charge is 0.230 e. The minimum absolute atomic E-state index is 0.0148.